The number of amides is 3. The van der Waals surface area contributed by atoms with Gasteiger partial charge >= 0.3 is 0 Å². The standard InChI is InChI=1S/C36H45N5O9S/c1-5-49-30-18-29(25-13-14-28(48-4)22(2)31(25)38-30)50-24-17-27-32(43)39-36(34(45)40-51(46,47)35(3)15-16-35)19-23(36)11-9-7-6-8-10-12-26(37-21-42)33(44)41(27)20-24/h9,11,13-14,18,23-24,26-27H,5-8,10,12,15-17,19-20H2,1-4H3,(H,39,43)(H,40,45)/b11-9-/t23-,24-,26+,27+,36-/m1/s1. The summed E-state index contributed by atoms with van der Waals surface area (Å²) in [6.07, 6.45) is 8.94. The van der Waals surface area contributed by atoms with E-state index in [1.165, 1.54) is 11.0 Å². The van der Waals surface area contributed by atoms with Crippen LogP contribution in [0.4, 0.5) is 0 Å². The van der Waals surface area contributed by atoms with Crippen LogP contribution in [0.2, 0.25) is 0 Å². The number of hydrogen-bond acceptors (Lipinski definition) is 11. The van der Waals surface area contributed by atoms with E-state index < -0.39 is 62.1 Å². The molecule has 0 unspecified atom stereocenters. The lowest BCUT2D eigenvalue weighted by Gasteiger charge is -2.28. The monoisotopic (exact) mass is 723 g/mol. The molecule has 274 valence electrons. The first-order valence-electron chi connectivity index (χ1n) is 17.6. The summed E-state index contributed by atoms with van der Waals surface area (Å²) < 4.78 is 45.1. The molecule has 0 radical (unpaired) electrons. The van der Waals surface area contributed by atoms with Crippen molar-refractivity contribution < 1.29 is 41.8 Å². The van der Waals surface area contributed by atoms with Crippen LogP contribution in [0.15, 0.2) is 35.3 Å². The Labute approximate surface area is 297 Å². The number of carbonyl (C=O) groups excluding carboxylic acids is 4. The Bertz CT molecular complexity index is 1910. The molecule has 2 aliphatic carbocycles. The van der Waals surface area contributed by atoms with E-state index in [0.29, 0.717) is 67.0 Å². The Hall–Kier alpha value is -4.49. The van der Waals surface area contributed by atoms with Crippen LogP contribution in [0.25, 0.3) is 10.9 Å². The van der Waals surface area contributed by atoms with Gasteiger partial charge in [0.1, 0.15) is 35.2 Å². The van der Waals surface area contributed by atoms with Crippen LogP contribution in [-0.2, 0) is 29.2 Å². The van der Waals surface area contributed by atoms with Crippen molar-refractivity contribution >= 4 is 44.7 Å². The molecule has 1 aromatic carbocycles. The molecule has 15 heteroatoms. The van der Waals surface area contributed by atoms with Crippen molar-refractivity contribution in [2.75, 3.05) is 20.3 Å². The van der Waals surface area contributed by atoms with Crippen molar-refractivity contribution in [2.24, 2.45) is 10.9 Å². The average molecular weight is 724 g/mol. The number of aliphatic imine (C=N–C) groups is 1. The predicted octanol–water partition coefficient (Wildman–Crippen LogP) is 3.40. The second-order valence-electron chi connectivity index (χ2n) is 14.1. The van der Waals surface area contributed by atoms with Crippen LogP contribution < -0.4 is 24.2 Å². The third kappa shape index (κ3) is 7.18. The Morgan fingerprint density at radius 2 is 1.98 bits per heavy atom. The smallest absolute Gasteiger partial charge is 0.259 e. The Morgan fingerprint density at radius 1 is 1.20 bits per heavy atom. The zero-order valence-electron chi connectivity index (χ0n) is 29.4. The maximum Gasteiger partial charge on any atom is 0.259 e. The number of isocyanates is 1. The second-order valence-corrected chi connectivity index (χ2v) is 16.3. The number of carbonyl (C=O) groups is 3. The van der Waals surface area contributed by atoms with E-state index in [1.807, 2.05) is 32.1 Å². The number of hydrogen-bond donors (Lipinski definition) is 2. The number of allylic oxidation sites excluding steroid dienone is 1. The Morgan fingerprint density at radius 3 is 2.69 bits per heavy atom. The van der Waals surface area contributed by atoms with Gasteiger partial charge in [0.2, 0.25) is 33.8 Å². The largest absolute Gasteiger partial charge is 0.496 e. The van der Waals surface area contributed by atoms with Gasteiger partial charge in [-0.05, 0) is 71.4 Å². The number of sulfonamides is 1. The third-order valence-corrected chi connectivity index (χ3v) is 12.7. The summed E-state index contributed by atoms with van der Waals surface area (Å²) in [6, 6.07) is 3.13. The summed E-state index contributed by atoms with van der Waals surface area (Å²) in [5.74, 6) is -0.992. The minimum Gasteiger partial charge on any atom is -0.496 e. The average Bonchev–Trinajstić information content (AvgIpc) is 3.97. The highest BCUT2D eigenvalue weighted by Gasteiger charge is 2.63. The summed E-state index contributed by atoms with van der Waals surface area (Å²) in [6.45, 7) is 5.64. The fourth-order valence-electron chi connectivity index (χ4n) is 7.05. The summed E-state index contributed by atoms with van der Waals surface area (Å²) >= 11 is 0. The van der Waals surface area contributed by atoms with Crippen molar-refractivity contribution in [1.29, 1.82) is 0 Å². The van der Waals surface area contributed by atoms with Crippen LogP contribution in [-0.4, -0.2) is 90.8 Å². The number of ether oxygens (including phenoxy) is 3. The fourth-order valence-corrected chi connectivity index (χ4v) is 8.37. The lowest BCUT2D eigenvalue weighted by atomic mass is 10.1. The van der Waals surface area contributed by atoms with E-state index in [4.69, 9.17) is 14.2 Å². The molecule has 3 fully saturated rings. The number of rotatable bonds is 9. The fraction of sp³-hybridized carbons (Fsp3) is 0.583. The number of pyridine rings is 1. The number of nitrogens with one attached hydrogen (secondary N) is 2. The highest BCUT2D eigenvalue weighted by Crippen LogP contribution is 2.47. The van der Waals surface area contributed by atoms with Gasteiger partial charge in [-0.1, -0.05) is 25.0 Å². The normalized spacial score (nSPS) is 28.1. The van der Waals surface area contributed by atoms with Gasteiger partial charge in [0, 0.05) is 29.4 Å². The van der Waals surface area contributed by atoms with Gasteiger partial charge < -0.3 is 24.4 Å². The molecule has 2 aromatic rings. The van der Waals surface area contributed by atoms with Gasteiger partial charge in [-0.3, -0.25) is 19.1 Å². The van der Waals surface area contributed by atoms with E-state index in [-0.39, 0.29) is 19.4 Å². The number of aryl methyl sites for hydroxylation is 1. The molecule has 14 nitrogen and oxygen atoms in total. The quantitative estimate of drug-likeness (QED) is 0.221. The second kappa shape index (κ2) is 14.3. The van der Waals surface area contributed by atoms with Crippen molar-refractivity contribution in [3.8, 4) is 17.4 Å². The zero-order valence-corrected chi connectivity index (χ0v) is 30.2. The number of methoxy groups -OCH3 is 1. The van der Waals surface area contributed by atoms with Gasteiger partial charge in [-0.15, -0.1) is 0 Å². The summed E-state index contributed by atoms with van der Waals surface area (Å²) in [4.78, 5) is 63.4. The van der Waals surface area contributed by atoms with Crippen LogP contribution in [0.5, 0.6) is 17.4 Å². The molecular weight excluding hydrogens is 678 g/mol. The van der Waals surface area contributed by atoms with E-state index in [2.05, 4.69) is 20.0 Å². The number of aromatic nitrogens is 1. The molecule has 4 aliphatic rings. The van der Waals surface area contributed by atoms with E-state index in [1.54, 1.807) is 26.2 Å². The summed E-state index contributed by atoms with van der Waals surface area (Å²) in [7, 11) is -2.41. The SMILES string of the molecule is CCOc1cc(O[C@@H]2C[C@H]3C(=O)N[C@]4(C(=O)NS(=O)(=O)C5(C)CC5)C[C@H]4/C=C\CCCCC[C@H](N=C=O)C(=O)N3C2)c2ccc(OC)c(C)c2n1. The lowest BCUT2D eigenvalue weighted by molar-refractivity contribution is -0.140. The van der Waals surface area contributed by atoms with Gasteiger partial charge in [0.25, 0.3) is 5.91 Å². The van der Waals surface area contributed by atoms with Crippen molar-refractivity contribution in [1.82, 2.24) is 19.9 Å². The highest BCUT2D eigenvalue weighted by molar-refractivity contribution is 7.91. The summed E-state index contributed by atoms with van der Waals surface area (Å²) in [5, 5.41) is 3.54. The first-order valence-corrected chi connectivity index (χ1v) is 19.1. The van der Waals surface area contributed by atoms with Crippen molar-refractivity contribution in [3.05, 3.63) is 35.9 Å². The Balaban J connectivity index is 1.33. The topological polar surface area (TPSA) is 183 Å². The van der Waals surface area contributed by atoms with Crippen LogP contribution in [0.1, 0.15) is 77.2 Å². The summed E-state index contributed by atoms with van der Waals surface area (Å²) in [5.41, 5.74) is -0.128. The molecule has 1 aromatic heterocycles. The third-order valence-electron chi connectivity index (χ3n) is 10.6. The molecule has 1 saturated heterocycles. The molecule has 2 saturated carbocycles. The predicted molar refractivity (Wildman–Crippen MR) is 187 cm³/mol. The molecule has 6 rings (SSSR count). The van der Waals surface area contributed by atoms with Crippen LogP contribution in [0, 0.1) is 12.8 Å². The minimum absolute atomic E-state index is 0.0139. The first kappa shape index (κ1) is 36.3. The molecule has 2 N–H and O–H groups in total. The van der Waals surface area contributed by atoms with Crippen molar-refractivity contribution in [3.63, 3.8) is 0 Å². The van der Waals surface area contributed by atoms with E-state index >= 15 is 0 Å². The number of fused-ring (bicyclic) bond motifs is 3. The number of nitrogens with zero attached hydrogens (tertiary/aromatic N) is 3. The maximum atomic E-state index is 14.3. The zero-order chi connectivity index (χ0) is 36.6. The molecule has 5 atom stereocenters. The first-order chi connectivity index (χ1) is 24.4. The van der Waals surface area contributed by atoms with Gasteiger partial charge in [-0.2, -0.15) is 4.99 Å². The Kier molecular flexibility index (Phi) is 10.2. The lowest BCUT2D eigenvalue weighted by Crippen LogP contribution is -2.57. The molecule has 3 heterocycles. The van der Waals surface area contributed by atoms with Crippen LogP contribution >= 0.6 is 0 Å². The van der Waals surface area contributed by atoms with Gasteiger partial charge in [0.15, 0.2) is 0 Å². The molecule has 0 bridgehead atoms. The molecule has 3 amide bonds. The molecular formula is C36H45N5O9S. The van der Waals surface area contributed by atoms with Gasteiger partial charge in [0.05, 0.1) is 30.5 Å². The van der Waals surface area contributed by atoms with E-state index in [0.717, 1.165) is 18.4 Å². The van der Waals surface area contributed by atoms with E-state index in [9.17, 15) is 27.6 Å². The van der Waals surface area contributed by atoms with Gasteiger partial charge in [-0.25, -0.2) is 18.2 Å². The minimum atomic E-state index is -3.98. The number of benzene rings is 1. The molecule has 51 heavy (non-hydrogen) atoms. The molecule has 0 spiro atoms. The highest BCUT2D eigenvalue weighted by atomic mass is 32.2. The van der Waals surface area contributed by atoms with Crippen molar-refractivity contribution in [2.45, 2.75) is 107 Å². The maximum absolute atomic E-state index is 14.3. The molecule has 2 aliphatic heterocycles. The van der Waals surface area contributed by atoms with Crippen LogP contribution in [0.3, 0.4) is 0 Å².